The minimum atomic E-state index is -0.954. The number of ether oxygens (including phenoxy) is 1. The van der Waals surface area contributed by atoms with Gasteiger partial charge in [-0.1, -0.05) is 12.1 Å². The van der Waals surface area contributed by atoms with Crippen LogP contribution in [0.3, 0.4) is 0 Å². The van der Waals surface area contributed by atoms with Gasteiger partial charge >= 0.3 is 5.97 Å². The molecule has 3 rings (SSSR count). The predicted molar refractivity (Wildman–Crippen MR) is 118 cm³/mol. The maximum Gasteiger partial charge on any atom is 0.341 e. The molecule has 3 N–H and O–H groups in total. The van der Waals surface area contributed by atoms with Gasteiger partial charge in [0.05, 0.1) is 12.2 Å². The Hall–Kier alpha value is -3.06. The first-order valence-electron chi connectivity index (χ1n) is 10.4. The highest BCUT2D eigenvalue weighted by Crippen LogP contribution is 2.22. The zero-order valence-corrected chi connectivity index (χ0v) is 17.3. The molecule has 0 aliphatic carbocycles. The molecule has 1 atom stereocenters. The monoisotopic (exact) mass is 411 g/mol. The first kappa shape index (κ1) is 21.6. The normalized spacial score (nSPS) is 14.7. The van der Waals surface area contributed by atoms with Gasteiger partial charge in [0.25, 0.3) is 5.91 Å². The first-order chi connectivity index (χ1) is 14.6. The molecule has 1 saturated heterocycles. The third-order valence-corrected chi connectivity index (χ3v) is 5.08. The summed E-state index contributed by atoms with van der Waals surface area (Å²) in [6.07, 6.45) is 2.74. The van der Waals surface area contributed by atoms with Crippen LogP contribution in [0.15, 0.2) is 48.5 Å². The molecule has 7 nitrogen and oxygen atoms in total. The van der Waals surface area contributed by atoms with E-state index in [4.69, 9.17) is 9.84 Å². The van der Waals surface area contributed by atoms with Crippen LogP contribution in [0.25, 0.3) is 0 Å². The molecule has 1 heterocycles. The fourth-order valence-electron chi connectivity index (χ4n) is 3.43. The number of hydrogen-bond acceptors (Lipinski definition) is 6. The van der Waals surface area contributed by atoms with Gasteiger partial charge in [0, 0.05) is 36.7 Å². The second kappa shape index (κ2) is 10.6. The van der Waals surface area contributed by atoms with Gasteiger partial charge in [-0.15, -0.1) is 0 Å². The summed E-state index contributed by atoms with van der Waals surface area (Å²) >= 11 is 0. The van der Waals surface area contributed by atoms with Crippen LogP contribution in [-0.2, 0) is 9.53 Å². The predicted octanol–water partition coefficient (Wildman–Crippen LogP) is 3.27. The number of carbonyl (C=O) groups excluding carboxylic acids is 2. The number of benzene rings is 2. The van der Waals surface area contributed by atoms with Crippen LogP contribution >= 0.6 is 0 Å². The summed E-state index contributed by atoms with van der Waals surface area (Å²) in [5, 5.41) is 14.7. The number of para-hydroxylation sites is 1. The molecule has 7 heteroatoms. The van der Waals surface area contributed by atoms with Crippen molar-refractivity contribution in [3.63, 3.8) is 0 Å². The standard InChI is InChI=1S/C23H29N3O4/c1-17(30-23(29)20-7-3-4-8-21(20)24-13-16-27)22(28)25-18-9-11-19(12-10-18)26-14-5-2-6-15-26/h3-4,7-12,17,24,27H,2,5-6,13-16H2,1H3,(H,25,28). The lowest BCUT2D eigenvalue weighted by molar-refractivity contribution is -0.123. The lowest BCUT2D eigenvalue weighted by Gasteiger charge is -2.28. The molecule has 2 aromatic rings. The summed E-state index contributed by atoms with van der Waals surface area (Å²) in [5.41, 5.74) is 2.68. The average molecular weight is 412 g/mol. The summed E-state index contributed by atoms with van der Waals surface area (Å²) in [6.45, 7) is 3.92. The number of carbonyl (C=O) groups is 2. The number of esters is 1. The number of piperidine rings is 1. The molecule has 30 heavy (non-hydrogen) atoms. The highest BCUT2D eigenvalue weighted by atomic mass is 16.5. The fraction of sp³-hybridized carbons (Fsp3) is 0.391. The Bertz CT molecular complexity index is 848. The molecule has 2 aromatic carbocycles. The number of aliphatic hydroxyl groups excluding tert-OH is 1. The number of amides is 1. The average Bonchev–Trinajstić information content (AvgIpc) is 2.78. The van der Waals surface area contributed by atoms with Crippen molar-refractivity contribution in [3.8, 4) is 0 Å². The Balaban J connectivity index is 1.56. The zero-order valence-electron chi connectivity index (χ0n) is 17.3. The van der Waals surface area contributed by atoms with Gasteiger partial charge < -0.3 is 25.4 Å². The van der Waals surface area contributed by atoms with E-state index in [-0.39, 0.29) is 6.61 Å². The van der Waals surface area contributed by atoms with E-state index in [9.17, 15) is 9.59 Å². The zero-order chi connectivity index (χ0) is 21.3. The molecule has 0 spiro atoms. The van der Waals surface area contributed by atoms with Gasteiger partial charge in [-0.05, 0) is 62.6 Å². The summed E-state index contributed by atoms with van der Waals surface area (Å²) in [4.78, 5) is 27.3. The number of anilines is 3. The molecule has 1 unspecified atom stereocenters. The van der Waals surface area contributed by atoms with Gasteiger partial charge in [-0.3, -0.25) is 4.79 Å². The van der Waals surface area contributed by atoms with E-state index >= 15 is 0 Å². The molecule has 0 aromatic heterocycles. The minimum Gasteiger partial charge on any atom is -0.449 e. The van der Waals surface area contributed by atoms with Crippen molar-refractivity contribution in [2.24, 2.45) is 0 Å². The third-order valence-electron chi connectivity index (χ3n) is 5.08. The maximum atomic E-state index is 12.5. The molecule has 0 bridgehead atoms. The van der Waals surface area contributed by atoms with Crippen molar-refractivity contribution in [3.05, 3.63) is 54.1 Å². The van der Waals surface area contributed by atoms with Crippen LogP contribution in [0, 0.1) is 0 Å². The maximum absolute atomic E-state index is 12.5. The Morgan fingerprint density at radius 3 is 2.47 bits per heavy atom. The van der Waals surface area contributed by atoms with Gasteiger partial charge in [-0.2, -0.15) is 0 Å². The number of hydrogen-bond donors (Lipinski definition) is 3. The summed E-state index contributed by atoms with van der Waals surface area (Å²) < 4.78 is 5.35. The smallest absolute Gasteiger partial charge is 0.341 e. The molecule has 1 aliphatic rings. The van der Waals surface area contributed by atoms with Crippen LogP contribution in [0.2, 0.25) is 0 Å². The Morgan fingerprint density at radius 2 is 1.77 bits per heavy atom. The van der Waals surface area contributed by atoms with Crippen molar-refractivity contribution in [1.29, 1.82) is 0 Å². The van der Waals surface area contributed by atoms with Crippen LogP contribution in [0.1, 0.15) is 36.5 Å². The number of nitrogens with zero attached hydrogens (tertiary/aromatic N) is 1. The highest BCUT2D eigenvalue weighted by molar-refractivity contribution is 5.99. The van der Waals surface area contributed by atoms with Crippen molar-refractivity contribution in [2.45, 2.75) is 32.3 Å². The Kier molecular flexibility index (Phi) is 7.68. The van der Waals surface area contributed by atoms with E-state index in [1.54, 1.807) is 31.2 Å². The number of rotatable bonds is 8. The summed E-state index contributed by atoms with van der Waals surface area (Å²) in [5.74, 6) is -0.992. The summed E-state index contributed by atoms with van der Waals surface area (Å²) in [6, 6.07) is 14.6. The van der Waals surface area contributed by atoms with Crippen molar-refractivity contribution in [2.75, 3.05) is 41.8 Å². The van der Waals surface area contributed by atoms with Crippen LogP contribution in [-0.4, -0.2) is 49.3 Å². The van der Waals surface area contributed by atoms with Gasteiger partial charge in [0.15, 0.2) is 6.10 Å². The van der Waals surface area contributed by atoms with E-state index in [0.29, 0.717) is 23.5 Å². The highest BCUT2D eigenvalue weighted by Gasteiger charge is 2.21. The quantitative estimate of drug-likeness (QED) is 0.578. The van der Waals surface area contributed by atoms with E-state index in [2.05, 4.69) is 15.5 Å². The van der Waals surface area contributed by atoms with Crippen molar-refractivity contribution in [1.82, 2.24) is 0 Å². The lowest BCUT2D eigenvalue weighted by Crippen LogP contribution is -2.30. The largest absolute Gasteiger partial charge is 0.449 e. The van der Waals surface area contributed by atoms with Crippen molar-refractivity contribution >= 4 is 28.9 Å². The van der Waals surface area contributed by atoms with Crippen LogP contribution in [0.5, 0.6) is 0 Å². The van der Waals surface area contributed by atoms with Gasteiger partial charge in [-0.25, -0.2) is 4.79 Å². The van der Waals surface area contributed by atoms with E-state index in [1.807, 2.05) is 24.3 Å². The molecule has 0 saturated carbocycles. The van der Waals surface area contributed by atoms with Crippen LogP contribution in [0.4, 0.5) is 17.1 Å². The SMILES string of the molecule is CC(OC(=O)c1ccccc1NCCO)C(=O)Nc1ccc(N2CCCCC2)cc1. The molecule has 0 radical (unpaired) electrons. The molecular formula is C23H29N3O4. The summed E-state index contributed by atoms with van der Waals surface area (Å²) in [7, 11) is 0. The van der Waals surface area contributed by atoms with Crippen molar-refractivity contribution < 1.29 is 19.4 Å². The Morgan fingerprint density at radius 1 is 1.07 bits per heavy atom. The van der Waals surface area contributed by atoms with E-state index < -0.39 is 18.0 Å². The topological polar surface area (TPSA) is 90.9 Å². The van der Waals surface area contributed by atoms with E-state index in [1.165, 1.54) is 19.3 Å². The lowest BCUT2D eigenvalue weighted by atomic mass is 10.1. The Labute approximate surface area is 177 Å². The second-order valence-electron chi connectivity index (χ2n) is 7.33. The molecule has 1 amide bonds. The molecule has 1 fully saturated rings. The van der Waals surface area contributed by atoms with Crippen LogP contribution < -0.4 is 15.5 Å². The van der Waals surface area contributed by atoms with E-state index in [0.717, 1.165) is 18.8 Å². The second-order valence-corrected chi connectivity index (χ2v) is 7.33. The molecule has 1 aliphatic heterocycles. The molecular weight excluding hydrogens is 382 g/mol. The van der Waals surface area contributed by atoms with Gasteiger partial charge in [0.1, 0.15) is 0 Å². The number of nitrogens with one attached hydrogen (secondary N) is 2. The fourth-order valence-corrected chi connectivity index (χ4v) is 3.43. The number of aliphatic hydroxyl groups is 1. The molecule has 160 valence electrons. The minimum absolute atomic E-state index is 0.0568. The van der Waals surface area contributed by atoms with Gasteiger partial charge in [0.2, 0.25) is 0 Å². The first-order valence-corrected chi connectivity index (χ1v) is 10.4. The third kappa shape index (κ3) is 5.73.